The number of hydrogen-bond acceptors (Lipinski definition) is 3. The van der Waals surface area contributed by atoms with Crippen LogP contribution in [0.2, 0.25) is 0 Å². The molecule has 1 aliphatic heterocycles. The molecule has 1 aromatic carbocycles. The minimum Gasteiger partial charge on any atom is -0.333 e. The monoisotopic (exact) mass is 320 g/mol. The number of rotatable bonds is 1. The highest BCUT2D eigenvalue weighted by atomic mass is 79.9. The molecule has 1 N–H and O–H groups in total. The Bertz CT molecular complexity index is 465. The van der Waals surface area contributed by atoms with Crippen molar-refractivity contribution in [1.82, 2.24) is 0 Å². The van der Waals surface area contributed by atoms with Gasteiger partial charge in [0.2, 0.25) is 0 Å². The average molecular weight is 321 g/mol. The van der Waals surface area contributed by atoms with Gasteiger partial charge in [0.1, 0.15) is 11.6 Å². The van der Waals surface area contributed by atoms with Crippen molar-refractivity contribution in [2.75, 3.05) is 17.6 Å². The van der Waals surface area contributed by atoms with Gasteiger partial charge in [0, 0.05) is 18.4 Å². The number of thioether (sulfide) groups is 1. The fraction of sp³-hybridized carbons (Fsp3) is 0.364. The van der Waals surface area contributed by atoms with Crippen LogP contribution in [0.4, 0.5) is 14.5 Å². The predicted octanol–water partition coefficient (Wildman–Crippen LogP) is 3.88. The molecule has 0 aliphatic carbocycles. The van der Waals surface area contributed by atoms with E-state index in [4.69, 9.17) is 0 Å². The summed E-state index contributed by atoms with van der Waals surface area (Å²) in [5, 5.41) is 3.56. The molecule has 1 aliphatic rings. The maximum atomic E-state index is 13.5. The molecule has 0 spiro atoms. The van der Waals surface area contributed by atoms with Crippen molar-refractivity contribution in [3.05, 3.63) is 28.2 Å². The Hall–Kier alpha value is -0.620. The number of nitrogens with zero attached hydrogens (tertiary/aromatic N) is 1. The number of aliphatic imine (C=N–C) groups is 1. The summed E-state index contributed by atoms with van der Waals surface area (Å²) >= 11 is 4.57. The Morgan fingerprint density at radius 2 is 2.18 bits per heavy atom. The number of anilines is 1. The summed E-state index contributed by atoms with van der Waals surface area (Å²) in [6.07, 6.45) is 0. The van der Waals surface area contributed by atoms with Gasteiger partial charge in [-0.25, -0.2) is 8.78 Å². The van der Waals surface area contributed by atoms with Gasteiger partial charge in [-0.05, 0) is 27.9 Å². The van der Waals surface area contributed by atoms with Crippen LogP contribution < -0.4 is 5.32 Å². The lowest BCUT2D eigenvalue weighted by Gasteiger charge is -2.18. The summed E-state index contributed by atoms with van der Waals surface area (Å²) in [7, 11) is 0. The topological polar surface area (TPSA) is 24.4 Å². The maximum Gasteiger partial charge on any atom is 0.161 e. The van der Waals surface area contributed by atoms with Crippen molar-refractivity contribution in [2.45, 2.75) is 6.92 Å². The summed E-state index contributed by atoms with van der Waals surface area (Å²) in [5.74, 6) is 0.262. The summed E-state index contributed by atoms with van der Waals surface area (Å²) in [6, 6.07) is 2.23. The van der Waals surface area contributed by atoms with Crippen molar-refractivity contribution in [3.63, 3.8) is 0 Å². The van der Waals surface area contributed by atoms with Gasteiger partial charge >= 0.3 is 0 Å². The largest absolute Gasteiger partial charge is 0.333 e. The van der Waals surface area contributed by atoms with Gasteiger partial charge in [-0.1, -0.05) is 18.7 Å². The van der Waals surface area contributed by atoms with Crippen LogP contribution in [0.15, 0.2) is 21.6 Å². The standard InChI is InChI=1S/C11H11BrF2N2S/c1-6-4-15-11(17-5-6)16-10-2-7(12)8(13)3-9(10)14/h2-3,6H,4-5H2,1H3,(H,15,16). The van der Waals surface area contributed by atoms with E-state index in [-0.39, 0.29) is 10.2 Å². The molecule has 2 rings (SSSR count). The van der Waals surface area contributed by atoms with Crippen LogP contribution in [0.3, 0.4) is 0 Å². The van der Waals surface area contributed by atoms with Crippen molar-refractivity contribution in [2.24, 2.45) is 10.9 Å². The number of benzene rings is 1. The molecule has 0 saturated heterocycles. The zero-order chi connectivity index (χ0) is 12.4. The molecule has 1 heterocycles. The van der Waals surface area contributed by atoms with E-state index in [0.717, 1.165) is 18.4 Å². The Kier molecular flexibility index (Phi) is 4.04. The van der Waals surface area contributed by atoms with Crippen molar-refractivity contribution < 1.29 is 8.78 Å². The molecule has 1 atom stereocenters. The normalized spacial score (nSPS) is 20.0. The van der Waals surface area contributed by atoms with Crippen LogP contribution in [-0.4, -0.2) is 17.5 Å². The highest BCUT2D eigenvalue weighted by Crippen LogP contribution is 2.26. The molecule has 0 radical (unpaired) electrons. The Balaban J connectivity index is 2.16. The summed E-state index contributed by atoms with van der Waals surface area (Å²) in [5.41, 5.74) is 0.235. The lowest BCUT2D eigenvalue weighted by atomic mass is 10.2. The fourth-order valence-electron chi connectivity index (χ4n) is 1.37. The van der Waals surface area contributed by atoms with Crippen LogP contribution in [0, 0.1) is 17.6 Å². The molecular weight excluding hydrogens is 310 g/mol. The molecule has 2 nitrogen and oxygen atoms in total. The first kappa shape index (κ1) is 12.8. The second-order valence-electron chi connectivity index (χ2n) is 3.93. The minimum absolute atomic E-state index is 0.233. The summed E-state index contributed by atoms with van der Waals surface area (Å²) in [6.45, 7) is 2.85. The third-order valence-electron chi connectivity index (χ3n) is 2.30. The smallest absolute Gasteiger partial charge is 0.161 e. The van der Waals surface area contributed by atoms with Crippen LogP contribution in [0.5, 0.6) is 0 Å². The predicted molar refractivity (Wildman–Crippen MR) is 71.6 cm³/mol. The van der Waals surface area contributed by atoms with E-state index in [1.807, 2.05) is 0 Å². The minimum atomic E-state index is -0.618. The van der Waals surface area contributed by atoms with Crippen molar-refractivity contribution >= 4 is 38.5 Å². The van der Waals surface area contributed by atoms with E-state index in [9.17, 15) is 8.78 Å². The molecule has 0 amide bonds. The zero-order valence-electron chi connectivity index (χ0n) is 9.14. The summed E-state index contributed by atoms with van der Waals surface area (Å²) in [4.78, 5) is 4.29. The van der Waals surface area contributed by atoms with Gasteiger partial charge in [0.15, 0.2) is 5.17 Å². The second-order valence-corrected chi connectivity index (χ2v) is 5.80. The zero-order valence-corrected chi connectivity index (χ0v) is 11.5. The first-order chi connectivity index (χ1) is 8.06. The van der Waals surface area contributed by atoms with E-state index < -0.39 is 11.6 Å². The molecule has 1 aromatic rings. The lowest BCUT2D eigenvalue weighted by molar-refractivity contribution is 0.582. The van der Waals surface area contributed by atoms with Crippen LogP contribution in [0.25, 0.3) is 0 Å². The van der Waals surface area contributed by atoms with Crippen molar-refractivity contribution in [3.8, 4) is 0 Å². The highest BCUT2D eigenvalue weighted by Gasteiger charge is 2.14. The van der Waals surface area contributed by atoms with Gasteiger partial charge in [-0.3, -0.25) is 4.99 Å². The number of hydrogen-bond donors (Lipinski definition) is 1. The second kappa shape index (κ2) is 5.35. The van der Waals surface area contributed by atoms with E-state index >= 15 is 0 Å². The number of halogens is 3. The third kappa shape index (κ3) is 3.19. The van der Waals surface area contributed by atoms with Gasteiger partial charge in [0.25, 0.3) is 0 Å². The van der Waals surface area contributed by atoms with Gasteiger partial charge in [-0.2, -0.15) is 0 Å². The van der Waals surface area contributed by atoms with E-state index in [1.165, 1.54) is 6.07 Å². The molecule has 6 heteroatoms. The fourth-order valence-corrected chi connectivity index (χ4v) is 2.61. The molecule has 92 valence electrons. The quantitative estimate of drug-likeness (QED) is 0.794. The van der Waals surface area contributed by atoms with Gasteiger partial charge < -0.3 is 5.32 Å². The Morgan fingerprint density at radius 3 is 2.82 bits per heavy atom. The lowest BCUT2D eigenvalue weighted by Crippen LogP contribution is -2.19. The molecular formula is C11H11BrF2N2S. The van der Waals surface area contributed by atoms with Crippen molar-refractivity contribution in [1.29, 1.82) is 0 Å². The van der Waals surface area contributed by atoms with Gasteiger partial charge in [0.05, 0.1) is 10.2 Å². The molecule has 0 fully saturated rings. The van der Waals surface area contributed by atoms with E-state index in [0.29, 0.717) is 11.1 Å². The molecule has 1 unspecified atom stereocenters. The molecule has 0 bridgehead atoms. The molecule has 0 aromatic heterocycles. The Labute approximate surface area is 111 Å². The van der Waals surface area contributed by atoms with E-state index in [2.05, 4.69) is 33.2 Å². The number of amidine groups is 1. The van der Waals surface area contributed by atoms with Gasteiger partial charge in [-0.15, -0.1) is 0 Å². The maximum absolute atomic E-state index is 13.5. The number of nitrogens with one attached hydrogen (secondary N) is 1. The van der Waals surface area contributed by atoms with Crippen LogP contribution >= 0.6 is 27.7 Å². The van der Waals surface area contributed by atoms with E-state index in [1.54, 1.807) is 11.8 Å². The van der Waals surface area contributed by atoms with Crippen LogP contribution in [0.1, 0.15) is 6.92 Å². The highest BCUT2D eigenvalue weighted by molar-refractivity contribution is 9.10. The first-order valence-corrected chi connectivity index (χ1v) is 6.93. The summed E-state index contributed by atoms with van der Waals surface area (Å²) < 4.78 is 26.7. The molecule has 0 saturated carbocycles. The first-order valence-electron chi connectivity index (χ1n) is 5.15. The molecule has 17 heavy (non-hydrogen) atoms. The SMILES string of the molecule is CC1CN=C(Nc2cc(Br)c(F)cc2F)SC1. The van der Waals surface area contributed by atoms with Crippen LogP contribution in [-0.2, 0) is 0 Å². The Morgan fingerprint density at radius 1 is 1.41 bits per heavy atom. The average Bonchev–Trinajstić information content (AvgIpc) is 2.29. The third-order valence-corrected chi connectivity index (χ3v) is 4.15.